The van der Waals surface area contributed by atoms with Crippen molar-refractivity contribution in [3.05, 3.63) is 34.5 Å². The van der Waals surface area contributed by atoms with Gasteiger partial charge in [-0.05, 0) is 6.92 Å². The van der Waals surface area contributed by atoms with Crippen molar-refractivity contribution in [1.82, 2.24) is 25.1 Å². The molecule has 1 aliphatic rings. The van der Waals surface area contributed by atoms with E-state index < -0.39 is 0 Å². The van der Waals surface area contributed by atoms with Crippen LogP contribution in [0.3, 0.4) is 0 Å². The molecule has 128 valence electrons. The van der Waals surface area contributed by atoms with Gasteiger partial charge in [0.1, 0.15) is 12.1 Å². The van der Waals surface area contributed by atoms with E-state index in [-0.39, 0.29) is 18.1 Å². The molecule has 3 heterocycles. The predicted octanol–water partition coefficient (Wildman–Crippen LogP) is 0.939. The van der Waals surface area contributed by atoms with Crippen LogP contribution in [0.5, 0.6) is 0 Å². The van der Waals surface area contributed by atoms with Crippen LogP contribution in [-0.4, -0.2) is 52.0 Å². The van der Waals surface area contributed by atoms with Gasteiger partial charge in [0, 0.05) is 26.2 Å². The highest BCUT2D eigenvalue weighted by Crippen LogP contribution is 2.19. The number of nitrogens with one attached hydrogen (secondary N) is 1. The molecule has 0 atom stereocenters. The molecule has 1 aliphatic heterocycles. The average Bonchev–Trinajstić information content (AvgIpc) is 2.88. The summed E-state index contributed by atoms with van der Waals surface area (Å²) in [4.78, 5) is 22.9. The molecular weight excluding hydrogens is 332 g/mol. The molecule has 3 rings (SSSR count). The second-order valence-electron chi connectivity index (χ2n) is 5.52. The molecule has 9 heteroatoms. The number of carbonyl (C=O) groups excluding carboxylic acids is 1. The smallest absolute Gasteiger partial charge is 0.273 e. The first-order chi connectivity index (χ1) is 11.6. The fraction of sp³-hybridized carbons (Fsp3) is 0.467. The second kappa shape index (κ2) is 7.14. The molecule has 8 nitrogen and oxygen atoms in total. The number of aryl methyl sites for hydroxylation is 1. The molecule has 2 aromatic rings. The first-order valence-electron chi connectivity index (χ1n) is 7.67. The van der Waals surface area contributed by atoms with Crippen molar-refractivity contribution in [3.63, 3.8) is 0 Å². The lowest BCUT2D eigenvalue weighted by Gasteiger charge is -2.27. The fourth-order valence-electron chi connectivity index (χ4n) is 2.43. The Morgan fingerprint density at radius 1 is 1.38 bits per heavy atom. The number of ether oxygens (including phenoxy) is 1. The molecule has 0 spiro atoms. The Morgan fingerprint density at radius 2 is 2.12 bits per heavy atom. The van der Waals surface area contributed by atoms with Crippen molar-refractivity contribution < 1.29 is 9.53 Å². The van der Waals surface area contributed by atoms with Gasteiger partial charge in [-0.25, -0.2) is 9.97 Å². The minimum atomic E-state index is -0.324. The number of aromatic nitrogens is 4. The number of hydrogen-bond acceptors (Lipinski definition) is 6. The van der Waals surface area contributed by atoms with Crippen molar-refractivity contribution in [2.24, 2.45) is 7.05 Å². The van der Waals surface area contributed by atoms with E-state index in [0.717, 1.165) is 30.3 Å². The molecule has 0 radical (unpaired) electrons. The summed E-state index contributed by atoms with van der Waals surface area (Å²) in [6.07, 6.45) is 1.50. The molecule has 0 aromatic carbocycles. The summed E-state index contributed by atoms with van der Waals surface area (Å²) < 4.78 is 6.92. The maximum atomic E-state index is 12.2. The summed E-state index contributed by atoms with van der Waals surface area (Å²) in [6, 6.07) is 1.87. The Bertz CT molecular complexity index is 742. The zero-order chi connectivity index (χ0) is 17.1. The van der Waals surface area contributed by atoms with Gasteiger partial charge >= 0.3 is 0 Å². The van der Waals surface area contributed by atoms with Crippen molar-refractivity contribution in [2.75, 3.05) is 31.2 Å². The first kappa shape index (κ1) is 16.7. The van der Waals surface area contributed by atoms with Crippen LogP contribution in [0.15, 0.2) is 12.4 Å². The molecule has 1 saturated heterocycles. The molecule has 0 unspecified atom stereocenters. The summed E-state index contributed by atoms with van der Waals surface area (Å²) in [5.74, 6) is 0.513. The number of amides is 1. The third kappa shape index (κ3) is 3.49. The van der Waals surface area contributed by atoms with Gasteiger partial charge in [0.25, 0.3) is 5.91 Å². The van der Waals surface area contributed by atoms with Crippen LogP contribution in [0.25, 0.3) is 0 Å². The van der Waals surface area contributed by atoms with Gasteiger partial charge in [0.15, 0.2) is 5.69 Å². The molecule has 1 N–H and O–H groups in total. The molecular formula is C15H19ClN6O2. The lowest BCUT2D eigenvalue weighted by Crippen LogP contribution is -2.37. The highest BCUT2D eigenvalue weighted by atomic mass is 35.5. The number of nitrogens with zero attached hydrogens (tertiary/aromatic N) is 5. The molecule has 0 aliphatic carbocycles. The normalized spacial score (nSPS) is 14.7. The fourth-order valence-corrected chi connectivity index (χ4v) is 2.68. The Labute approximate surface area is 144 Å². The lowest BCUT2D eigenvalue weighted by molar-refractivity contribution is 0.0945. The maximum Gasteiger partial charge on any atom is 0.273 e. The van der Waals surface area contributed by atoms with Gasteiger partial charge in [-0.1, -0.05) is 11.6 Å². The maximum absolute atomic E-state index is 12.2. The van der Waals surface area contributed by atoms with Crippen molar-refractivity contribution in [3.8, 4) is 0 Å². The SMILES string of the molecule is Cc1c(Cl)c(C(=O)NCc2cc(N3CCOCC3)ncn2)nn1C. The van der Waals surface area contributed by atoms with Crippen LogP contribution in [0.2, 0.25) is 5.02 Å². The quantitative estimate of drug-likeness (QED) is 0.883. The average molecular weight is 351 g/mol. The van der Waals surface area contributed by atoms with E-state index in [2.05, 4.69) is 25.3 Å². The molecule has 1 amide bonds. The first-order valence-corrected chi connectivity index (χ1v) is 8.05. The van der Waals surface area contributed by atoms with E-state index in [4.69, 9.17) is 16.3 Å². The van der Waals surface area contributed by atoms with Gasteiger partial charge in [0.05, 0.1) is 36.2 Å². The topological polar surface area (TPSA) is 85.2 Å². The standard InChI is InChI=1S/C15H19ClN6O2/c1-10-13(16)14(20-21(10)2)15(23)17-8-11-7-12(19-9-18-11)22-3-5-24-6-4-22/h7,9H,3-6,8H2,1-2H3,(H,17,23). The highest BCUT2D eigenvalue weighted by Gasteiger charge is 2.18. The number of halogens is 1. The number of morpholine rings is 1. The minimum absolute atomic E-state index is 0.221. The molecule has 0 saturated carbocycles. The summed E-state index contributed by atoms with van der Waals surface area (Å²) in [5, 5.41) is 7.29. The second-order valence-corrected chi connectivity index (χ2v) is 5.90. The minimum Gasteiger partial charge on any atom is -0.378 e. The largest absolute Gasteiger partial charge is 0.378 e. The highest BCUT2D eigenvalue weighted by molar-refractivity contribution is 6.34. The van der Waals surface area contributed by atoms with Crippen LogP contribution in [0.4, 0.5) is 5.82 Å². The third-order valence-electron chi connectivity index (χ3n) is 3.95. The van der Waals surface area contributed by atoms with Gasteiger partial charge in [-0.2, -0.15) is 5.10 Å². The zero-order valence-electron chi connectivity index (χ0n) is 13.6. The molecule has 1 fully saturated rings. The van der Waals surface area contributed by atoms with Crippen LogP contribution in [0, 0.1) is 6.92 Å². The van der Waals surface area contributed by atoms with E-state index in [1.54, 1.807) is 11.7 Å². The van der Waals surface area contributed by atoms with Gasteiger partial charge in [0.2, 0.25) is 0 Å². The van der Waals surface area contributed by atoms with Crippen LogP contribution in [0.1, 0.15) is 21.9 Å². The Kier molecular flexibility index (Phi) is 4.96. The van der Waals surface area contributed by atoms with Gasteiger partial charge in [-0.15, -0.1) is 0 Å². The number of carbonyl (C=O) groups is 1. The molecule has 0 bridgehead atoms. The van der Waals surface area contributed by atoms with Crippen molar-refractivity contribution in [1.29, 1.82) is 0 Å². The summed E-state index contributed by atoms with van der Waals surface area (Å²) in [7, 11) is 1.75. The van der Waals surface area contributed by atoms with E-state index in [1.807, 2.05) is 13.0 Å². The van der Waals surface area contributed by atoms with Gasteiger partial charge in [-0.3, -0.25) is 9.48 Å². The van der Waals surface area contributed by atoms with E-state index in [9.17, 15) is 4.79 Å². The van der Waals surface area contributed by atoms with Crippen LogP contribution in [-0.2, 0) is 18.3 Å². The monoisotopic (exact) mass is 350 g/mol. The lowest BCUT2D eigenvalue weighted by atomic mass is 10.3. The summed E-state index contributed by atoms with van der Waals surface area (Å²) in [5.41, 5.74) is 1.70. The summed E-state index contributed by atoms with van der Waals surface area (Å²) in [6.45, 7) is 5.06. The summed E-state index contributed by atoms with van der Waals surface area (Å²) >= 11 is 6.13. The van der Waals surface area contributed by atoms with Gasteiger partial charge < -0.3 is 15.0 Å². The Morgan fingerprint density at radius 3 is 2.79 bits per heavy atom. The van der Waals surface area contributed by atoms with Crippen molar-refractivity contribution in [2.45, 2.75) is 13.5 Å². The Balaban J connectivity index is 1.66. The number of rotatable bonds is 4. The predicted molar refractivity (Wildman–Crippen MR) is 89.2 cm³/mol. The Hall–Kier alpha value is -2.19. The molecule has 24 heavy (non-hydrogen) atoms. The van der Waals surface area contributed by atoms with Crippen molar-refractivity contribution >= 4 is 23.3 Å². The van der Waals surface area contributed by atoms with E-state index >= 15 is 0 Å². The van der Waals surface area contributed by atoms with E-state index in [1.165, 1.54) is 6.33 Å². The van der Waals surface area contributed by atoms with Crippen LogP contribution < -0.4 is 10.2 Å². The third-order valence-corrected chi connectivity index (χ3v) is 4.40. The zero-order valence-corrected chi connectivity index (χ0v) is 14.4. The number of anilines is 1. The van der Waals surface area contributed by atoms with E-state index in [0.29, 0.717) is 18.2 Å². The van der Waals surface area contributed by atoms with Crippen LogP contribution >= 0.6 is 11.6 Å². The number of hydrogen-bond donors (Lipinski definition) is 1. The molecule has 2 aromatic heterocycles.